The topological polar surface area (TPSA) is 107 Å². The van der Waals surface area contributed by atoms with Gasteiger partial charge in [0.2, 0.25) is 0 Å². The van der Waals surface area contributed by atoms with Crippen molar-refractivity contribution < 1.29 is 27.4 Å². The number of carboxylic acids is 1. The van der Waals surface area contributed by atoms with E-state index in [4.69, 9.17) is 15.6 Å². The summed E-state index contributed by atoms with van der Waals surface area (Å²) in [7, 11) is -2.58. The predicted octanol–water partition coefficient (Wildman–Crippen LogP) is 0.365. The Morgan fingerprint density at radius 2 is 2.11 bits per heavy atom. The molecular weight excluding hydrogens is 277 g/mol. The number of hydrogen-bond donors (Lipinski definition) is 2. The van der Waals surface area contributed by atoms with Gasteiger partial charge in [-0.1, -0.05) is 0 Å². The van der Waals surface area contributed by atoms with Gasteiger partial charge in [-0.3, -0.25) is 4.79 Å². The van der Waals surface area contributed by atoms with Crippen LogP contribution in [0.5, 0.6) is 5.75 Å². The van der Waals surface area contributed by atoms with Crippen LogP contribution in [-0.4, -0.2) is 39.4 Å². The van der Waals surface area contributed by atoms with Crippen molar-refractivity contribution in [2.45, 2.75) is 10.8 Å². The van der Waals surface area contributed by atoms with Crippen molar-refractivity contribution in [3.63, 3.8) is 0 Å². The molecule has 1 aromatic carbocycles. The fraction of sp³-hybridized carbons (Fsp3) is 0.364. The highest BCUT2D eigenvalue weighted by molar-refractivity contribution is 7.90. The van der Waals surface area contributed by atoms with E-state index in [1.54, 1.807) is 0 Å². The number of aliphatic carboxylic acids is 1. The Hall–Kier alpha value is -1.67. The van der Waals surface area contributed by atoms with Gasteiger partial charge in [0.1, 0.15) is 16.5 Å². The summed E-state index contributed by atoms with van der Waals surface area (Å²) in [5.41, 5.74) is 5.23. The zero-order valence-electron chi connectivity index (χ0n) is 10.4. The molecule has 1 rings (SSSR count). The minimum Gasteiger partial charge on any atom is -0.495 e. The van der Waals surface area contributed by atoms with Gasteiger partial charge in [0.15, 0.2) is 9.84 Å². The van der Waals surface area contributed by atoms with Crippen molar-refractivity contribution in [3.8, 4) is 5.75 Å². The van der Waals surface area contributed by atoms with E-state index in [0.717, 1.165) is 18.4 Å². The number of rotatable bonds is 5. The third kappa shape index (κ3) is 3.21. The van der Waals surface area contributed by atoms with Crippen LogP contribution in [0.15, 0.2) is 17.0 Å². The van der Waals surface area contributed by atoms with Crippen LogP contribution in [0.4, 0.5) is 4.39 Å². The van der Waals surface area contributed by atoms with Crippen LogP contribution < -0.4 is 10.5 Å². The second-order valence-electron chi connectivity index (χ2n) is 3.93. The Morgan fingerprint density at radius 3 is 2.47 bits per heavy atom. The van der Waals surface area contributed by atoms with Gasteiger partial charge in [-0.05, 0) is 12.1 Å². The van der Waals surface area contributed by atoms with Gasteiger partial charge in [0.25, 0.3) is 0 Å². The normalized spacial score (nSPS) is 13.1. The zero-order chi connectivity index (χ0) is 14.8. The van der Waals surface area contributed by atoms with Crippen molar-refractivity contribution >= 4 is 15.8 Å². The maximum Gasteiger partial charge on any atom is 0.312 e. The Kier molecular flexibility index (Phi) is 4.48. The van der Waals surface area contributed by atoms with Crippen LogP contribution in [0.3, 0.4) is 0 Å². The summed E-state index contributed by atoms with van der Waals surface area (Å²) in [5, 5.41) is 9.02. The van der Waals surface area contributed by atoms with Crippen molar-refractivity contribution in [3.05, 3.63) is 23.5 Å². The lowest BCUT2D eigenvalue weighted by Gasteiger charge is -2.17. The molecule has 6 nitrogen and oxygen atoms in total. The molecule has 8 heteroatoms. The van der Waals surface area contributed by atoms with Crippen molar-refractivity contribution in [2.24, 2.45) is 5.73 Å². The van der Waals surface area contributed by atoms with Crippen molar-refractivity contribution in [1.29, 1.82) is 0 Å². The summed E-state index contributed by atoms with van der Waals surface area (Å²) in [6, 6.07) is 1.70. The third-order valence-corrected chi connectivity index (χ3v) is 3.66. The molecule has 106 valence electrons. The van der Waals surface area contributed by atoms with Crippen LogP contribution in [0, 0.1) is 5.82 Å². The number of methoxy groups -OCH3 is 1. The van der Waals surface area contributed by atoms with E-state index in [-0.39, 0.29) is 17.9 Å². The van der Waals surface area contributed by atoms with E-state index in [9.17, 15) is 17.6 Å². The zero-order valence-corrected chi connectivity index (χ0v) is 11.2. The minimum absolute atomic E-state index is 0.0991. The number of sulfone groups is 1. The Balaban J connectivity index is 3.65. The average molecular weight is 291 g/mol. The first-order valence-corrected chi connectivity index (χ1v) is 7.11. The molecule has 0 aliphatic rings. The fourth-order valence-electron chi connectivity index (χ4n) is 1.70. The summed E-state index contributed by atoms with van der Waals surface area (Å²) in [4.78, 5) is 10.7. The lowest BCUT2D eigenvalue weighted by Crippen LogP contribution is -2.22. The molecule has 1 atom stereocenters. The second kappa shape index (κ2) is 5.54. The molecule has 0 heterocycles. The van der Waals surface area contributed by atoms with Gasteiger partial charge in [-0.2, -0.15) is 0 Å². The van der Waals surface area contributed by atoms with Crippen molar-refractivity contribution in [2.75, 3.05) is 19.9 Å². The first-order chi connectivity index (χ1) is 8.72. The predicted molar refractivity (Wildman–Crippen MR) is 65.5 cm³/mol. The first kappa shape index (κ1) is 15.4. The molecule has 0 spiro atoms. The van der Waals surface area contributed by atoms with Crippen LogP contribution >= 0.6 is 0 Å². The van der Waals surface area contributed by atoms with E-state index < -0.39 is 32.4 Å². The molecular formula is C11H14FNO5S. The molecule has 1 unspecified atom stereocenters. The summed E-state index contributed by atoms with van der Waals surface area (Å²) >= 11 is 0. The number of benzene rings is 1. The molecule has 3 N–H and O–H groups in total. The lowest BCUT2D eigenvalue weighted by atomic mass is 9.98. The van der Waals surface area contributed by atoms with Crippen LogP contribution in [0.1, 0.15) is 11.5 Å². The lowest BCUT2D eigenvalue weighted by molar-refractivity contribution is -0.138. The molecule has 19 heavy (non-hydrogen) atoms. The Labute approximate surface area is 109 Å². The first-order valence-electron chi connectivity index (χ1n) is 5.22. The highest BCUT2D eigenvalue weighted by Crippen LogP contribution is 2.34. The smallest absolute Gasteiger partial charge is 0.312 e. The van der Waals surface area contributed by atoms with E-state index in [1.165, 1.54) is 7.11 Å². The molecule has 0 bridgehead atoms. The molecule has 0 amide bonds. The molecule has 0 radical (unpaired) electrons. The summed E-state index contributed by atoms with van der Waals surface area (Å²) in [5.74, 6) is -3.59. The third-order valence-electron chi connectivity index (χ3n) is 2.56. The molecule has 0 aromatic heterocycles. The van der Waals surface area contributed by atoms with Crippen LogP contribution in [0.25, 0.3) is 0 Å². The quantitative estimate of drug-likeness (QED) is 0.811. The molecule has 0 aliphatic carbocycles. The molecule has 0 fully saturated rings. The van der Waals surface area contributed by atoms with Crippen molar-refractivity contribution in [1.82, 2.24) is 0 Å². The number of halogens is 1. The van der Waals surface area contributed by atoms with Crippen LogP contribution in [0.2, 0.25) is 0 Å². The van der Waals surface area contributed by atoms with E-state index in [0.29, 0.717) is 0 Å². The van der Waals surface area contributed by atoms with Gasteiger partial charge in [0.05, 0.1) is 13.0 Å². The van der Waals surface area contributed by atoms with Gasteiger partial charge < -0.3 is 15.6 Å². The van der Waals surface area contributed by atoms with E-state index in [2.05, 4.69) is 0 Å². The molecule has 0 aliphatic heterocycles. The Morgan fingerprint density at radius 1 is 1.53 bits per heavy atom. The maximum absolute atomic E-state index is 13.5. The van der Waals surface area contributed by atoms with Gasteiger partial charge in [-0.25, -0.2) is 12.8 Å². The fourth-order valence-corrected chi connectivity index (χ4v) is 2.57. The average Bonchev–Trinajstić information content (AvgIpc) is 2.27. The highest BCUT2D eigenvalue weighted by Gasteiger charge is 2.27. The number of nitrogens with two attached hydrogens (primary N) is 1. The largest absolute Gasteiger partial charge is 0.495 e. The van der Waals surface area contributed by atoms with Gasteiger partial charge in [-0.15, -0.1) is 0 Å². The molecule has 0 saturated carbocycles. The monoisotopic (exact) mass is 291 g/mol. The summed E-state index contributed by atoms with van der Waals surface area (Å²) in [6.45, 7) is -0.307. The number of hydrogen-bond acceptors (Lipinski definition) is 5. The SMILES string of the molecule is COc1c(C(CN)C(=O)O)cc(F)cc1S(C)(=O)=O. The number of carboxylic acid groups (broad SMARTS) is 1. The number of carbonyl (C=O) groups is 1. The van der Waals surface area contributed by atoms with Gasteiger partial charge in [0, 0.05) is 18.4 Å². The molecule has 0 saturated heterocycles. The Bertz CT molecular complexity index is 599. The summed E-state index contributed by atoms with van der Waals surface area (Å²) in [6.07, 6.45) is 0.881. The second-order valence-corrected chi connectivity index (χ2v) is 5.91. The molecule has 1 aromatic rings. The maximum atomic E-state index is 13.5. The van der Waals surface area contributed by atoms with Gasteiger partial charge >= 0.3 is 5.97 Å². The van der Waals surface area contributed by atoms with E-state index >= 15 is 0 Å². The van der Waals surface area contributed by atoms with Crippen LogP contribution in [-0.2, 0) is 14.6 Å². The van der Waals surface area contributed by atoms with E-state index in [1.807, 2.05) is 0 Å². The minimum atomic E-state index is -3.76. The number of ether oxygens (including phenoxy) is 1. The summed E-state index contributed by atoms with van der Waals surface area (Å²) < 4.78 is 41.6. The highest BCUT2D eigenvalue weighted by atomic mass is 32.2. The standard InChI is InChI=1S/C11H14FNO5S/c1-18-10-7(8(5-13)11(14)15)3-6(12)4-9(10)19(2,16)17/h3-4,8H,5,13H2,1-2H3,(H,14,15).